The van der Waals surface area contributed by atoms with E-state index < -0.39 is 9.84 Å². The van der Waals surface area contributed by atoms with Gasteiger partial charge < -0.3 is 5.32 Å². The Kier molecular flexibility index (Phi) is 3.66. The van der Waals surface area contributed by atoms with Crippen LogP contribution in [0, 0.1) is 13.8 Å². The van der Waals surface area contributed by atoms with Gasteiger partial charge in [0.2, 0.25) is 0 Å². The molecule has 1 aliphatic carbocycles. The van der Waals surface area contributed by atoms with E-state index in [9.17, 15) is 8.42 Å². The lowest BCUT2D eigenvalue weighted by Crippen LogP contribution is -2.34. The molecule has 1 aliphatic rings. The van der Waals surface area contributed by atoms with Crippen LogP contribution in [-0.4, -0.2) is 26.0 Å². The number of hydrogen-bond acceptors (Lipinski definition) is 3. The predicted octanol–water partition coefficient (Wildman–Crippen LogP) is 2.68. The van der Waals surface area contributed by atoms with E-state index >= 15 is 0 Å². The molecule has 2 rings (SSSR count). The fourth-order valence-electron chi connectivity index (χ4n) is 2.69. The van der Waals surface area contributed by atoms with Gasteiger partial charge in [-0.2, -0.15) is 0 Å². The summed E-state index contributed by atoms with van der Waals surface area (Å²) in [4.78, 5) is 0. The van der Waals surface area contributed by atoms with E-state index in [0.29, 0.717) is 0 Å². The van der Waals surface area contributed by atoms with Crippen LogP contribution in [0.15, 0.2) is 18.2 Å². The normalized spacial score (nSPS) is 24.2. The van der Waals surface area contributed by atoms with Crippen molar-refractivity contribution in [1.82, 2.24) is 0 Å². The first-order valence-corrected chi connectivity index (χ1v) is 8.36. The van der Waals surface area contributed by atoms with Crippen LogP contribution in [0.1, 0.15) is 30.4 Å². The zero-order chi connectivity index (χ0) is 13.3. The molecular formula is C14H21NO2S. The SMILES string of the molecule is Cc1ccc(C)c(NC2CCCC2S(C)(=O)=O)c1. The largest absolute Gasteiger partial charge is 0.381 e. The van der Waals surface area contributed by atoms with Crippen molar-refractivity contribution < 1.29 is 8.42 Å². The third kappa shape index (κ3) is 2.86. The fraction of sp³-hybridized carbons (Fsp3) is 0.571. The Morgan fingerprint density at radius 2 is 1.94 bits per heavy atom. The molecule has 1 fully saturated rings. The van der Waals surface area contributed by atoms with Crippen LogP contribution in [0.2, 0.25) is 0 Å². The Morgan fingerprint density at radius 3 is 2.61 bits per heavy atom. The van der Waals surface area contributed by atoms with E-state index in [4.69, 9.17) is 0 Å². The van der Waals surface area contributed by atoms with E-state index in [2.05, 4.69) is 23.5 Å². The minimum Gasteiger partial charge on any atom is -0.381 e. The molecule has 2 atom stereocenters. The van der Waals surface area contributed by atoms with E-state index in [-0.39, 0.29) is 11.3 Å². The molecule has 0 saturated heterocycles. The Bertz CT molecular complexity index is 537. The molecule has 0 bridgehead atoms. The molecule has 100 valence electrons. The maximum absolute atomic E-state index is 11.7. The predicted molar refractivity (Wildman–Crippen MR) is 75.8 cm³/mol. The summed E-state index contributed by atoms with van der Waals surface area (Å²) in [7, 11) is -2.96. The number of nitrogens with one attached hydrogen (secondary N) is 1. The molecule has 0 radical (unpaired) electrons. The summed E-state index contributed by atoms with van der Waals surface area (Å²) in [6.45, 7) is 4.10. The van der Waals surface area contributed by atoms with E-state index in [0.717, 1.165) is 24.9 Å². The molecule has 18 heavy (non-hydrogen) atoms. The molecule has 2 unspecified atom stereocenters. The van der Waals surface area contributed by atoms with Gasteiger partial charge in [0.1, 0.15) is 0 Å². The van der Waals surface area contributed by atoms with Crippen molar-refractivity contribution in [3.63, 3.8) is 0 Å². The lowest BCUT2D eigenvalue weighted by Gasteiger charge is -2.22. The van der Waals surface area contributed by atoms with Gasteiger partial charge in [-0.25, -0.2) is 8.42 Å². The highest BCUT2D eigenvalue weighted by atomic mass is 32.2. The third-order valence-corrected chi connectivity index (χ3v) is 5.40. The highest BCUT2D eigenvalue weighted by molar-refractivity contribution is 7.91. The van der Waals surface area contributed by atoms with Gasteiger partial charge in [0, 0.05) is 18.0 Å². The first-order valence-electron chi connectivity index (χ1n) is 6.40. The summed E-state index contributed by atoms with van der Waals surface area (Å²) >= 11 is 0. The van der Waals surface area contributed by atoms with Gasteiger partial charge in [-0.15, -0.1) is 0 Å². The molecule has 0 aromatic heterocycles. The van der Waals surface area contributed by atoms with Crippen molar-refractivity contribution >= 4 is 15.5 Å². The number of sulfone groups is 1. The molecule has 1 aromatic carbocycles. The monoisotopic (exact) mass is 267 g/mol. The molecule has 1 aromatic rings. The van der Waals surface area contributed by atoms with Crippen LogP contribution in [0.4, 0.5) is 5.69 Å². The van der Waals surface area contributed by atoms with Gasteiger partial charge in [-0.05, 0) is 50.3 Å². The van der Waals surface area contributed by atoms with Crippen LogP contribution >= 0.6 is 0 Å². The summed E-state index contributed by atoms with van der Waals surface area (Å²) in [5.74, 6) is 0. The number of hydrogen-bond donors (Lipinski definition) is 1. The van der Waals surface area contributed by atoms with Gasteiger partial charge in [-0.3, -0.25) is 0 Å². The van der Waals surface area contributed by atoms with Gasteiger partial charge in [0.25, 0.3) is 0 Å². The first kappa shape index (κ1) is 13.4. The molecule has 0 amide bonds. The second kappa shape index (κ2) is 4.92. The Labute approximate surface area is 110 Å². The Hall–Kier alpha value is -1.03. The molecule has 1 saturated carbocycles. The minimum absolute atomic E-state index is 0.0560. The van der Waals surface area contributed by atoms with Crippen LogP contribution in [0.5, 0.6) is 0 Å². The fourth-order valence-corrected chi connectivity index (χ4v) is 4.09. The average molecular weight is 267 g/mol. The van der Waals surface area contributed by atoms with Crippen molar-refractivity contribution in [2.75, 3.05) is 11.6 Å². The van der Waals surface area contributed by atoms with Crippen molar-refractivity contribution in [3.05, 3.63) is 29.3 Å². The lowest BCUT2D eigenvalue weighted by molar-refractivity contribution is 0.579. The topological polar surface area (TPSA) is 46.2 Å². The van der Waals surface area contributed by atoms with Crippen molar-refractivity contribution in [1.29, 1.82) is 0 Å². The van der Waals surface area contributed by atoms with Crippen LogP contribution < -0.4 is 5.32 Å². The highest BCUT2D eigenvalue weighted by Crippen LogP contribution is 2.29. The van der Waals surface area contributed by atoms with E-state index in [1.165, 1.54) is 17.4 Å². The average Bonchev–Trinajstić information content (AvgIpc) is 2.71. The first-order chi connectivity index (χ1) is 8.38. The Balaban J connectivity index is 2.21. The molecule has 1 N–H and O–H groups in total. The van der Waals surface area contributed by atoms with Crippen molar-refractivity contribution in [2.45, 2.75) is 44.4 Å². The maximum atomic E-state index is 11.7. The molecule has 3 nitrogen and oxygen atoms in total. The van der Waals surface area contributed by atoms with Crippen molar-refractivity contribution in [3.8, 4) is 0 Å². The smallest absolute Gasteiger partial charge is 0.152 e. The van der Waals surface area contributed by atoms with Gasteiger partial charge in [0.05, 0.1) is 5.25 Å². The van der Waals surface area contributed by atoms with Crippen LogP contribution in [0.3, 0.4) is 0 Å². The second-order valence-corrected chi connectivity index (χ2v) is 7.63. The maximum Gasteiger partial charge on any atom is 0.152 e. The Morgan fingerprint density at radius 1 is 1.22 bits per heavy atom. The van der Waals surface area contributed by atoms with E-state index in [1.54, 1.807) is 0 Å². The zero-order valence-corrected chi connectivity index (χ0v) is 12.0. The minimum atomic E-state index is -2.96. The molecule has 0 aliphatic heterocycles. The summed E-state index contributed by atoms with van der Waals surface area (Å²) in [5, 5.41) is 3.19. The summed E-state index contributed by atoms with van der Waals surface area (Å²) < 4.78 is 23.5. The second-order valence-electron chi connectivity index (χ2n) is 5.37. The number of rotatable bonds is 3. The van der Waals surface area contributed by atoms with E-state index in [1.807, 2.05) is 13.8 Å². The number of anilines is 1. The number of aryl methyl sites for hydroxylation is 2. The standard InChI is InChI=1S/C14H21NO2S/c1-10-7-8-11(2)13(9-10)15-12-5-4-6-14(12)18(3,16)17/h7-9,12,14-15H,4-6H2,1-3H3. The highest BCUT2D eigenvalue weighted by Gasteiger charge is 2.34. The summed E-state index contributed by atoms with van der Waals surface area (Å²) in [6, 6.07) is 6.29. The van der Waals surface area contributed by atoms with Crippen LogP contribution in [0.25, 0.3) is 0 Å². The lowest BCUT2D eigenvalue weighted by atomic mass is 10.1. The van der Waals surface area contributed by atoms with Gasteiger partial charge in [-0.1, -0.05) is 12.1 Å². The zero-order valence-electron chi connectivity index (χ0n) is 11.2. The van der Waals surface area contributed by atoms with Crippen LogP contribution in [-0.2, 0) is 9.84 Å². The third-order valence-electron chi connectivity index (χ3n) is 3.74. The molecule has 4 heteroatoms. The molecule has 0 spiro atoms. The number of benzene rings is 1. The molecular weight excluding hydrogens is 246 g/mol. The van der Waals surface area contributed by atoms with Gasteiger partial charge >= 0.3 is 0 Å². The molecule has 0 heterocycles. The summed E-state index contributed by atoms with van der Waals surface area (Å²) in [5.41, 5.74) is 3.42. The summed E-state index contributed by atoms with van der Waals surface area (Å²) in [6.07, 6.45) is 4.05. The van der Waals surface area contributed by atoms with Gasteiger partial charge in [0.15, 0.2) is 9.84 Å². The quantitative estimate of drug-likeness (QED) is 0.916. The van der Waals surface area contributed by atoms with Crippen molar-refractivity contribution in [2.24, 2.45) is 0 Å².